The molecular weight excluding hydrogens is 194 g/mol. The molecule has 0 amide bonds. The van der Waals surface area contributed by atoms with E-state index >= 15 is 0 Å². The van der Waals surface area contributed by atoms with Crippen molar-refractivity contribution >= 4 is 0 Å². The van der Waals surface area contributed by atoms with Gasteiger partial charge in [0.05, 0.1) is 6.42 Å². The van der Waals surface area contributed by atoms with E-state index in [1.54, 1.807) is 0 Å². The summed E-state index contributed by atoms with van der Waals surface area (Å²) in [6, 6.07) is 8.72. The molecule has 0 radical (unpaired) electrons. The molecule has 0 saturated heterocycles. The third-order valence-corrected chi connectivity index (χ3v) is 3.10. The summed E-state index contributed by atoms with van der Waals surface area (Å²) in [5, 5.41) is 0. The first-order valence-electron chi connectivity index (χ1n) is 5.96. The minimum absolute atomic E-state index is 0.280. The Labute approximate surface area is 99.3 Å². The minimum Gasteiger partial charge on any atom is -0.311 e. The lowest BCUT2D eigenvalue weighted by molar-refractivity contribution is 0.609. The fourth-order valence-electron chi connectivity index (χ4n) is 1.74. The first-order valence-corrected chi connectivity index (χ1v) is 5.96. The molecule has 0 bridgehead atoms. The Morgan fingerprint density at radius 1 is 1.25 bits per heavy atom. The van der Waals surface area contributed by atoms with Gasteiger partial charge in [0.15, 0.2) is 0 Å². The maximum Gasteiger partial charge on any atom is 0.231 e. The van der Waals surface area contributed by atoms with Gasteiger partial charge >= 0.3 is 0 Å². The third kappa shape index (κ3) is 3.38. The molecule has 1 rings (SSSR count). The van der Waals surface area contributed by atoms with Crippen LogP contribution < -0.4 is 0 Å². The molecule has 1 heteroatoms. The summed E-state index contributed by atoms with van der Waals surface area (Å²) < 4.78 is 0. The monoisotopic (exact) mass is 215 g/mol. The zero-order valence-corrected chi connectivity index (χ0v) is 10.7. The molecule has 1 aromatic carbocycles. The van der Waals surface area contributed by atoms with Crippen LogP contribution in [0.4, 0.5) is 0 Å². The average Bonchev–Trinajstić information content (AvgIpc) is 2.28. The number of rotatable bonds is 4. The van der Waals surface area contributed by atoms with Gasteiger partial charge in [-0.1, -0.05) is 38.1 Å². The quantitative estimate of drug-likeness (QED) is 0.654. The van der Waals surface area contributed by atoms with Crippen molar-refractivity contribution in [3.63, 3.8) is 0 Å². The summed E-state index contributed by atoms with van der Waals surface area (Å²) in [5.74, 6) is 0.628. The molecule has 1 unspecified atom stereocenters. The molecule has 1 atom stereocenters. The maximum atomic E-state index is 7.12. The molecule has 0 saturated carbocycles. The van der Waals surface area contributed by atoms with E-state index in [1.165, 1.54) is 17.5 Å². The second-order valence-corrected chi connectivity index (χ2v) is 5.15. The Bertz CT molecular complexity index is 367. The molecule has 1 nitrogen and oxygen atoms in total. The van der Waals surface area contributed by atoms with Crippen LogP contribution in [0.5, 0.6) is 0 Å². The average molecular weight is 215 g/mol. The number of hydrogen-bond acceptors (Lipinski definition) is 0. The van der Waals surface area contributed by atoms with Gasteiger partial charge in [0.1, 0.15) is 0 Å². The topological polar surface area (TPSA) is 4.36 Å². The lowest BCUT2D eigenvalue weighted by Gasteiger charge is -2.13. The van der Waals surface area contributed by atoms with Gasteiger partial charge in [-0.15, -0.1) is 0 Å². The molecule has 0 aliphatic rings. The van der Waals surface area contributed by atoms with Crippen molar-refractivity contribution in [2.45, 2.75) is 52.0 Å². The van der Waals surface area contributed by atoms with Gasteiger partial charge in [-0.2, -0.15) is 0 Å². The van der Waals surface area contributed by atoms with Gasteiger partial charge in [0, 0.05) is 13.8 Å². The molecule has 16 heavy (non-hydrogen) atoms. The second kappa shape index (κ2) is 5.16. The van der Waals surface area contributed by atoms with E-state index in [2.05, 4.69) is 43.0 Å². The highest BCUT2D eigenvalue weighted by molar-refractivity contribution is 5.26. The molecule has 0 aliphatic carbocycles. The zero-order chi connectivity index (χ0) is 12.2. The van der Waals surface area contributed by atoms with Crippen molar-refractivity contribution in [2.24, 2.45) is 0 Å². The summed E-state index contributed by atoms with van der Waals surface area (Å²) in [4.78, 5) is 3.64. The van der Waals surface area contributed by atoms with E-state index in [1.807, 2.05) is 13.8 Å². The van der Waals surface area contributed by atoms with Crippen LogP contribution in [0, 0.1) is 6.57 Å². The van der Waals surface area contributed by atoms with Crippen LogP contribution >= 0.6 is 0 Å². The highest BCUT2D eigenvalue weighted by Crippen LogP contribution is 2.21. The van der Waals surface area contributed by atoms with Crippen molar-refractivity contribution in [3.05, 3.63) is 46.8 Å². The van der Waals surface area contributed by atoms with Crippen molar-refractivity contribution in [3.8, 4) is 0 Å². The van der Waals surface area contributed by atoms with Gasteiger partial charge in [0.25, 0.3) is 0 Å². The lowest BCUT2D eigenvalue weighted by atomic mass is 9.93. The maximum absolute atomic E-state index is 7.12. The molecule has 86 valence electrons. The van der Waals surface area contributed by atoms with E-state index in [-0.39, 0.29) is 5.54 Å². The van der Waals surface area contributed by atoms with Gasteiger partial charge in [-0.3, -0.25) is 0 Å². The Hall–Kier alpha value is -1.29. The van der Waals surface area contributed by atoms with Crippen LogP contribution in [0.1, 0.15) is 51.2 Å². The smallest absolute Gasteiger partial charge is 0.231 e. The number of benzene rings is 1. The highest BCUT2D eigenvalue weighted by Gasteiger charge is 2.22. The normalized spacial score (nSPS) is 13.2. The van der Waals surface area contributed by atoms with Crippen LogP contribution in [-0.4, -0.2) is 5.54 Å². The predicted octanol–water partition coefficient (Wildman–Crippen LogP) is 4.44. The predicted molar refractivity (Wildman–Crippen MR) is 69.5 cm³/mol. The van der Waals surface area contributed by atoms with Crippen LogP contribution in [0.3, 0.4) is 0 Å². The Morgan fingerprint density at radius 3 is 2.25 bits per heavy atom. The third-order valence-electron chi connectivity index (χ3n) is 3.10. The van der Waals surface area contributed by atoms with Crippen molar-refractivity contribution in [1.82, 2.24) is 0 Å². The summed E-state index contributed by atoms with van der Waals surface area (Å²) in [5.41, 5.74) is 2.37. The second-order valence-electron chi connectivity index (χ2n) is 5.15. The standard InChI is InChI=1S/C15H21N/c1-6-12(2)14-9-7-13(8-10-14)11-15(3,4)16-5/h7-10,12H,6,11H2,1-4H3. The van der Waals surface area contributed by atoms with Crippen molar-refractivity contribution < 1.29 is 0 Å². The van der Waals surface area contributed by atoms with Gasteiger partial charge in [-0.05, 0) is 23.5 Å². The van der Waals surface area contributed by atoms with Crippen LogP contribution in [0.2, 0.25) is 0 Å². The van der Waals surface area contributed by atoms with Gasteiger partial charge < -0.3 is 4.85 Å². The molecule has 0 spiro atoms. The molecule has 0 N–H and O–H groups in total. The number of hydrogen-bond donors (Lipinski definition) is 0. The molecule has 0 fully saturated rings. The summed E-state index contributed by atoms with van der Waals surface area (Å²) in [7, 11) is 0. The molecular formula is C15H21N. The van der Waals surface area contributed by atoms with E-state index in [4.69, 9.17) is 6.57 Å². The van der Waals surface area contributed by atoms with Crippen molar-refractivity contribution in [2.75, 3.05) is 0 Å². The fourth-order valence-corrected chi connectivity index (χ4v) is 1.74. The van der Waals surface area contributed by atoms with E-state index in [9.17, 15) is 0 Å². The lowest BCUT2D eigenvalue weighted by Crippen LogP contribution is -2.17. The van der Waals surface area contributed by atoms with Crippen LogP contribution in [0.25, 0.3) is 4.85 Å². The van der Waals surface area contributed by atoms with Crippen LogP contribution in [-0.2, 0) is 6.42 Å². The molecule has 0 aromatic heterocycles. The van der Waals surface area contributed by atoms with Crippen molar-refractivity contribution in [1.29, 1.82) is 0 Å². The highest BCUT2D eigenvalue weighted by atomic mass is 14.8. The van der Waals surface area contributed by atoms with Gasteiger partial charge in [-0.25, -0.2) is 6.57 Å². The largest absolute Gasteiger partial charge is 0.311 e. The summed E-state index contributed by atoms with van der Waals surface area (Å²) >= 11 is 0. The molecule has 1 aromatic rings. The van der Waals surface area contributed by atoms with Crippen LogP contribution in [0.15, 0.2) is 24.3 Å². The Kier molecular flexibility index (Phi) is 4.12. The van der Waals surface area contributed by atoms with E-state index in [0.29, 0.717) is 5.92 Å². The fraction of sp³-hybridized carbons (Fsp3) is 0.533. The molecule has 0 aliphatic heterocycles. The summed E-state index contributed by atoms with van der Waals surface area (Å²) in [6.07, 6.45) is 2.00. The minimum atomic E-state index is -0.280. The number of nitrogens with zero attached hydrogens (tertiary/aromatic N) is 1. The Balaban J connectivity index is 2.77. The molecule has 0 heterocycles. The first kappa shape index (κ1) is 12.8. The SMILES string of the molecule is [C-]#[N+]C(C)(C)Cc1ccc(C(C)CC)cc1. The van der Waals surface area contributed by atoms with E-state index < -0.39 is 0 Å². The van der Waals surface area contributed by atoms with E-state index in [0.717, 1.165) is 6.42 Å². The Morgan fingerprint density at radius 2 is 1.81 bits per heavy atom. The zero-order valence-electron chi connectivity index (χ0n) is 10.7. The summed E-state index contributed by atoms with van der Waals surface area (Å²) in [6.45, 7) is 15.6. The van der Waals surface area contributed by atoms with Gasteiger partial charge in [0.2, 0.25) is 5.54 Å². The first-order chi connectivity index (χ1) is 7.48.